The molecule has 0 saturated heterocycles. The first kappa shape index (κ1) is 19.5. The lowest BCUT2D eigenvalue weighted by Gasteiger charge is -2.20. The van der Waals surface area contributed by atoms with Gasteiger partial charge < -0.3 is 4.90 Å². The zero-order valence-electron chi connectivity index (χ0n) is 16.5. The number of amides is 1. The molecule has 0 spiro atoms. The number of hydrogen-bond acceptors (Lipinski definition) is 5. The number of aryl methyl sites for hydroxylation is 2. The molecule has 0 fully saturated rings. The molecule has 0 aliphatic heterocycles. The minimum absolute atomic E-state index is 0.0873. The van der Waals surface area contributed by atoms with Crippen molar-refractivity contribution in [2.75, 3.05) is 32.1 Å². The van der Waals surface area contributed by atoms with Crippen LogP contribution in [0.1, 0.15) is 36.3 Å². The second-order valence-electron chi connectivity index (χ2n) is 6.82. The molecule has 0 N–H and O–H groups in total. The van der Waals surface area contributed by atoms with Gasteiger partial charge in [-0.05, 0) is 64.2 Å². The molecule has 0 bridgehead atoms. The molecule has 0 atom stereocenters. The number of aromatic nitrogens is 3. The van der Waals surface area contributed by atoms with Crippen molar-refractivity contribution in [2.45, 2.75) is 33.2 Å². The number of anilines is 1. The van der Waals surface area contributed by atoms with E-state index in [0.717, 1.165) is 41.3 Å². The van der Waals surface area contributed by atoms with E-state index in [4.69, 9.17) is 4.98 Å². The van der Waals surface area contributed by atoms with Crippen LogP contribution in [0.4, 0.5) is 5.13 Å². The van der Waals surface area contributed by atoms with E-state index < -0.39 is 0 Å². The second-order valence-corrected chi connectivity index (χ2v) is 7.83. The molecule has 0 aliphatic rings. The van der Waals surface area contributed by atoms with Gasteiger partial charge in [-0.15, -0.1) is 0 Å². The van der Waals surface area contributed by atoms with Crippen LogP contribution in [0.15, 0.2) is 30.5 Å². The number of carbonyl (C=O) groups excluding carboxylic acids is 1. The highest BCUT2D eigenvalue weighted by Crippen LogP contribution is 2.30. The number of benzene rings is 1. The summed E-state index contributed by atoms with van der Waals surface area (Å²) in [6.45, 7) is 6.43. The highest BCUT2D eigenvalue weighted by Gasteiger charge is 2.23. The molecule has 1 amide bonds. The Morgan fingerprint density at radius 3 is 2.67 bits per heavy atom. The predicted molar refractivity (Wildman–Crippen MR) is 112 cm³/mol. The Bertz CT molecular complexity index is 914. The first-order valence-corrected chi connectivity index (χ1v) is 10.2. The highest BCUT2D eigenvalue weighted by atomic mass is 32.1. The van der Waals surface area contributed by atoms with Gasteiger partial charge in [0.15, 0.2) is 10.8 Å². The summed E-state index contributed by atoms with van der Waals surface area (Å²) in [5.74, 6) is -0.0873. The fourth-order valence-electron chi connectivity index (χ4n) is 2.91. The maximum absolute atomic E-state index is 13.2. The Kier molecular flexibility index (Phi) is 6.23. The van der Waals surface area contributed by atoms with E-state index in [1.807, 2.05) is 33.3 Å². The van der Waals surface area contributed by atoms with Crippen LogP contribution in [0, 0.1) is 0 Å². The van der Waals surface area contributed by atoms with Crippen molar-refractivity contribution in [3.05, 3.63) is 41.7 Å². The van der Waals surface area contributed by atoms with Gasteiger partial charge in [0, 0.05) is 19.3 Å². The summed E-state index contributed by atoms with van der Waals surface area (Å²) >= 11 is 1.58. The van der Waals surface area contributed by atoms with Crippen molar-refractivity contribution < 1.29 is 4.79 Å². The van der Waals surface area contributed by atoms with Crippen LogP contribution in [0.5, 0.6) is 0 Å². The zero-order valence-corrected chi connectivity index (χ0v) is 17.3. The smallest absolute Gasteiger partial charge is 0.280 e. The van der Waals surface area contributed by atoms with Crippen molar-refractivity contribution in [1.82, 2.24) is 19.7 Å². The average Bonchev–Trinajstić information content (AvgIpc) is 3.30. The van der Waals surface area contributed by atoms with Gasteiger partial charge >= 0.3 is 0 Å². The predicted octanol–water partition coefficient (Wildman–Crippen LogP) is 3.67. The van der Waals surface area contributed by atoms with E-state index in [1.54, 1.807) is 27.0 Å². The Morgan fingerprint density at radius 2 is 2.00 bits per heavy atom. The van der Waals surface area contributed by atoms with Crippen molar-refractivity contribution >= 4 is 32.6 Å². The SMILES string of the molecule is CCc1ccc2nc(N(CCCN(C)C)C(=O)c3ccn(CC)n3)sc2c1. The van der Waals surface area contributed by atoms with Gasteiger partial charge in [-0.25, -0.2) is 4.98 Å². The summed E-state index contributed by atoms with van der Waals surface area (Å²) in [5, 5.41) is 5.14. The van der Waals surface area contributed by atoms with Crippen LogP contribution < -0.4 is 4.90 Å². The van der Waals surface area contributed by atoms with E-state index in [1.165, 1.54) is 5.56 Å². The molecular weight excluding hydrogens is 358 g/mol. The average molecular weight is 386 g/mol. The number of fused-ring (bicyclic) bond motifs is 1. The van der Waals surface area contributed by atoms with Gasteiger partial charge in [-0.1, -0.05) is 24.3 Å². The van der Waals surface area contributed by atoms with E-state index in [-0.39, 0.29) is 5.91 Å². The van der Waals surface area contributed by atoms with Crippen LogP contribution in [-0.4, -0.2) is 52.8 Å². The van der Waals surface area contributed by atoms with Gasteiger partial charge in [0.05, 0.1) is 10.2 Å². The third-order valence-corrected chi connectivity index (χ3v) is 5.54. The summed E-state index contributed by atoms with van der Waals surface area (Å²) in [7, 11) is 4.08. The van der Waals surface area contributed by atoms with Crippen LogP contribution in [0.25, 0.3) is 10.2 Å². The summed E-state index contributed by atoms with van der Waals surface area (Å²) in [4.78, 5) is 21.8. The van der Waals surface area contributed by atoms with E-state index in [9.17, 15) is 4.79 Å². The summed E-state index contributed by atoms with van der Waals surface area (Å²) in [6.07, 6.45) is 3.71. The Morgan fingerprint density at radius 1 is 1.19 bits per heavy atom. The number of nitrogens with zero attached hydrogens (tertiary/aromatic N) is 5. The minimum atomic E-state index is -0.0873. The summed E-state index contributed by atoms with van der Waals surface area (Å²) < 4.78 is 2.89. The molecule has 0 saturated carbocycles. The Hall–Kier alpha value is -2.25. The maximum Gasteiger partial charge on any atom is 0.280 e. The lowest BCUT2D eigenvalue weighted by molar-refractivity contribution is 0.0980. The quantitative estimate of drug-likeness (QED) is 0.594. The van der Waals surface area contributed by atoms with Gasteiger partial charge in [0.25, 0.3) is 5.91 Å². The van der Waals surface area contributed by atoms with Crippen LogP contribution in [0.3, 0.4) is 0 Å². The van der Waals surface area contributed by atoms with E-state index >= 15 is 0 Å². The molecular formula is C20H27N5OS. The molecule has 0 aliphatic carbocycles. The third kappa shape index (κ3) is 4.54. The van der Waals surface area contributed by atoms with Crippen molar-refractivity contribution in [1.29, 1.82) is 0 Å². The molecule has 6 nitrogen and oxygen atoms in total. The molecule has 7 heteroatoms. The molecule has 3 rings (SSSR count). The molecule has 3 aromatic rings. The van der Waals surface area contributed by atoms with Crippen molar-refractivity contribution in [3.8, 4) is 0 Å². The second kappa shape index (κ2) is 8.63. The zero-order chi connectivity index (χ0) is 19.4. The first-order valence-electron chi connectivity index (χ1n) is 9.41. The highest BCUT2D eigenvalue weighted by molar-refractivity contribution is 7.22. The Labute approximate surface area is 164 Å². The number of thiazole rings is 1. The van der Waals surface area contributed by atoms with E-state index in [0.29, 0.717) is 12.2 Å². The Balaban J connectivity index is 1.91. The topological polar surface area (TPSA) is 54.3 Å². The molecule has 0 unspecified atom stereocenters. The van der Waals surface area contributed by atoms with Crippen molar-refractivity contribution in [3.63, 3.8) is 0 Å². The molecule has 1 aromatic carbocycles. The largest absolute Gasteiger partial charge is 0.309 e. The molecule has 144 valence electrons. The standard InChI is InChI=1S/C20H27N5OS/c1-5-15-8-9-16-18(14-15)27-20(21-16)25(12-7-11-23(3)4)19(26)17-10-13-24(6-2)22-17/h8-10,13-14H,5-7,11-12H2,1-4H3. The third-order valence-electron chi connectivity index (χ3n) is 4.50. The lowest BCUT2D eigenvalue weighted by atomic mass is 10.2. The minimum Gasteiger partial charge on any atom is -0.309 e. The van der Waals surface area contributed by atoms with Crippen LogP contribution >= 0.6 is 11.3 Å². The van der Waals surface area contributed by atoms with Crippen LogP contribution in [0.2, 0.25) is 0 Å². The van der Waals surface area contributed by atoms with Gasteiger partial charge in [-0.3, -0.25) is 14.4 Å². The van der Waals surface area contributed by atoms with Crippen LogP contribution in [-0.2, 0) is 13.0 Å². The fourth-order valence-corrected chi connectivity index (χ4v) is 3.97. The lowest BCUT2D eigenvalue weighted by Crippen LogP contribution is -2.33. The monoisotopic (exact) mass is 385 g/mol. The molecule has 0 radical (unpaired) electrons. The van der Waals surface area contributed by atoms with Gasteiger partial charge in [-0.2, -0.15) is 5.10 Å². The fraction of sp³-hybridized carbons (Fsp3) is 0.450. The molecule has 2 heterocycles. The van der Waals surface area contributed by atoms with Gasteiger partial charge in [0.2, 0.25) is 0 Å². The maximum atomic E-state index is 13.2. The van der Waals surface area contributed by atoms with Crippen molar-refractivity contribution in [2.24, 2.45) is 0 Å². The van der Waals surface area contributed by atoms with Gasteiger partial charge in [0.1, 0.15) is 0 Å². The summed E-state index contributed by atoms with van der Waals surface area (Å²) in [6, 6.07) is 8.10. The molecule has 27 heavy (non-hydrogen) atoms. The normalized spacial score (nSPS) is 11.4. The number of carbonyl (C=O) groups is 1. The first-order chi connectivity index (χ1) is 13.0. The van der Waals surface area contributed by atoms with E-state index in [2.05, 4.69) is 29.1 Å². The summed E-state index contributed by atoms with van der Waals surface area (Å²) in [5.41, 5.74) is 2.69. The molecule has 2 aromatic heterocycles. The number of rotatable bonds is 8. The number of hydrogen-bond donors (Lipinski definition) is 0.